The maximum atomic E-state index is 12.2. The number of hydrogen-bond acceptors (Lipinski definition) is 7. The van der Waals surface area contributed by atoms with Crippen LogP contribution in [0.4, 0.5) is 0 Å². The molecule has 174 valence electrons. The SMILES string of the molecule is CC(C)(C)OC(=O)c1csc(-c2ccnc(C#CCOCCO[Si](C)(C)C(C)(C)C)c2)n1. The fourth-order valence-electron chi connectivity index (χ4n) is 2.28. The van der Waals surface area contributed by atoms with Crippen molar-refractivity contribution in [1.82, 2.24) is 9.97 Å². The van der Waals surface area contributed by atoms with E-state index in [1.165, 1.54) is 11.3 Å². The average molecular weight is 475 g/mol. The molecule has 8 heteroatoms. The number of carbonyl (C=O) groups is 1. The van der Waals surface area contributed by atoms with Crippen molar-refractivity contribution in [2.75, 3.05) is 19.8 Å². The highest BCUT2D eigenvalue weighted by molar-refractivity contribution is 7.13. The van der Waals surface area contributed by atoms with Crippen molar-refractivity contribution in [3.63, 3.8) is 0 Å². The Hall–Kier alpha value is -2.05. The van der Waals surface area contributed by atoms with Gasteiger partial charge < -0.3 is 13.9 Å². The molecule has 0 unspecified atom stereocenters. The van der Waals surface area contributed by atoms with Gasteiger partial charge in [0.15, 0.2) is 14.0 Å². The summed E-state index contributed by atoms with van der Waals surface area (Å²) in [5, 5.41) is 2.61. The van der Waals surface area contributed by atoms with Crippen LogP contribution in [0.2, 0.25) is 18.1 Å². The molecular formula is C24H34N2O4SSi. The van der Waals surface area contributed by atoms with Crippen molar-refractivity contribution in [1.29, 1.82) is 0 Å². The molecule has 0 fully saturated rings. The number of aromatic nitrogens is 2. The van der Waals surface area contributed by atoms with E-state index in [-0.39, 0.29) is 5.04 Å². The van der Waals surface area contributed by atoms with E-state index >= 15 is 0 Å². The lowest BCUT2D eigenvalue weighted by molar-refractivity contribution is 0.00638. The number of thiazole rings is 1. The summed E-state index contributed by atoms with van der Waals surface area (Å²) in [6.45, 7) is 18.0. The van der Waals surface area contributed by atoms with Gasteiger partial charge in [-0.3, -0.25) is 0 Å². The number of pyridine rings is 1. The van der Waals surface area contributed by atoms with Gasteiger partial charge in [0.05, 0.1) is 13.2 Å². The lowest BCUT2D eigenvalue weighted by Crippen LogP contribution is -2.41. The molecule has 0 spiro atoms. The first-order valence-electron chi connectivity index (χ1n) is 10.6. The summed E-state index contributed by atoms with van der Waals surface area (Å²) in [5.41, 5.74) is 1.22. The number of carbonyl (C=O) groups excluding carboxylic acids is 1. The van der Waals surface area contributed by atoms with Crippen molar-refractivity contribution in [2.45, 2.75) is 65.3 Å². The smallest absolute Gasteiger partial charge is 0.358 e. The van der Waals surface area contributed by atoms with Crippen LogP contribution in [0.5, 0.6) is 0 Å². The van der Waals surface area contributed by atoms with Crippen LogP contribution in [-0.4, -0.2) is 49.7 Å². The van der Waals surface area contributed by atoms with Gasteiger partial charge in [0, 0.05) is 17.1 Å². The van der Waals surface area contributed by atoms with E-state index < -0.39 is 19.9 Å². The summed E-state index contributed by atoms with van der Waals surface area (Å²) in [4.78, 5) is 20.9. The maximum Gasteiger partial charge on any atom is 0.358 e. The Morgan fingerprint density at radius 3 is 2.53 bits per heavy atom. The lowest BCUT2D eigenvalue weighted by atomic mass is 10.2. The second-order valence-corrected chi connectivity index (χ2v) is 15.6. The van der Waals surface area contributed by atoms with E-state index in [2.05, 4.69) is 55.7 Å². The molecule has 2 aromatic rings. The van der Waals surface area contributed by atoms with Gasteiger partial charge in [-0.2, -0.15) is 0 Å². The van der Waals surface area contributed by atoms with Gasteiger partial charge in [-0.15, -0.1) is 11.3 Å². The maximum absolute atomic E-state index is 12.2. The molecule has 0 aliphatic heterocycles. The molecule has 32 heavy (non-hydrogen) atoms. The zero-order valence-electron chi connectivity index (χ0n) is 20.4. The molecule has 0 saturated heterocycles. The summed E-state index contributed by atoms with van der Waals surface area (Å²) < 4.78 is 17.0. The van der Waals surface area contributed by atoms with Gasteiger partial charge >= 0.3 is 5.97 Å². The Morgan fingerprint density at radius 2 is 1.88 bits per heavy atom. The summed E-state index contributed by atoms with van der Waals surface area (Å²) in [5.74, 6) is 5.57. The first-order chi connectivity index (χ1) is 14.8. The molecule has 0 amide bonds. The topological polar surface area (TPSA) is 70.5 Å². The number of hydrogen-bond donors (Lipinski definition) is 0. The molecule has 0 aromatic carbocycles. The van der Waals surface area contributed by atoms with E-state index in [0.29, 0.717) is 31.2 Å². The minimum atomic E-state index is -1.74. The van der Waals surface area contributed by atoms with Crippen LogP contribution in [0.3, 0.4) is 0 Å². The van der Waals surface area contributed by atoms with Crippen LogP contribution in [0.1, 0.15) is 57.7 Å². The largest absolute Gasteiger partial charge is 0.455 e. The third kappa shape index (κ3) is 8.13. The zero-order valence-corrected chi connectivity index (χ0v) is 22.2. The van der Waals surface area contributed by atoms with Crippen LogP contribution >= 0.6 is 11.3 Å². The van der Waals surface area contributed by atoms with Crippen molar-refractivity contribution in [3.8, 4) is 22.4 Å². The Balaban J connectivity index is 1.88. The third-order valence-corrected chi connectivity index (χ3v) is 10.4. The normalized spacial score (nSPS) is 12.2. The van der Waals surface area contributed by atoms with Gasteiger partial charge in [-0.05, 0) is 57.0 Å². The number of nitrogens with zero attached hydrogens (tertiary/aromatic N) is 2. The number of ether oxygens (including phenoxy) is 2. The molecule has 0 N–H and O–H groups in total. The highest BCUT2D eigenvalue weighted by Crippen LogP contribution is 2.36. The Morgan fingerprint density at radius 1 is 1.16 bits per heavy atom. The molecule has 2 rings (SSSR count). The fourth-order valence-corrected chi connectivity index (χ4v) is 4.10. The predicted octanol–water partition coefficient (Wildman–Crippen LogP) is 5.55. The summed E-state index contributed by atoms with van der Waals surface area (Å²) >= 11 is 1.38. The van der Waals surface area contributed by atoms with Crippen molar-refractivity contribution >= 4 is 25.6 Å². The predicted molar refractivity (Wildman–Crippen MR) is 131 cm³/mol. The molecule has 0 aliphatic rings. The van der Waals surface area contributed by atoms with Crippen LogP contribution in [-0.2, 0) is 13.9 Å². The number of esters is 1. The minimum absolute atomic E-state index is 0.189. The van der Waals surface area contributed by atoms with E-state index in [0.717, 1.165) is 10.6 Å². The van der Waals surface area contributed by atoms with E-state index in [1.807, 2.05) is 32.9 Å². The van der Waals surface area contributed by atoms with Gasteiger partial charge in [0.25, 0.3) is 0 Å². The Bertz CT molecular complexity index is 978. The van der Waals surface area contributed by atoms with Crippen molar-refractivity contribution < 1.29 is 18.7 Å². The standard InChI is InChI=1S/C24H34N2O4SSi/c1-23(2,3)30-22(27)20-17-31-21(26-20)18-11-12-25-19(16-18)10-9-13-28-14-15-29-32(7,8)24(4,5)6/h11-12,16-17H,13-15H2,1-8H3. The van der Waals surface area contributed by atoms with Gasteiger partial charge in [-0.25, -0.2) is 14.8 Å². The molecule has 2 aromatic heterocycles. The van der Waals surface area contributed by atoms with E-state index in [9.17, 15) is 4.79 Å². The summed E-state index contributed by atoms with van der Waals surface area (Å²) in [6, 6.07) is 3.70. The summed E-state index contributed by atoms with van der Waals surface area (Å²) in [6.07, 6.45) is 1.68. The molecule has 0 saturated carbocycles. The molecule has 0 aliphatic carbocycles. The van der Waals surface area contributed by atoms with Crippen LogP contribution < -0.4 is 0 Å². The lowest BCUT2D eigenvalue weighted by Gasteiger charge is -2.36. The van der Waals surface area contributed by atoms with Gasteiger partial charge in [0.2, 0.25) is 0 Å². The van der Waals surface area contributed by atoms with Gasteiger partial charge in [0.1, 0.15) is 22.9 Å². The fraction of sp³-hybridized carbons (Fsp3) is 0.542. The molecule has 0 radical (unpaired) electrons. The quantitative estimate of drug-likeness (QED) is 0.227. The zero-order chi connectivity index (χ0) is 24.0. The van der Waals surface area contributed by atoms with Crippen LogP contribution in [0, 0.1) is 11.8 Å². The van der Waals surface area contributed by atoms with E-state index in [1.54, 1.807) is 11.6 Å². The first kappa shape index (κ1) is 26.2. The van der Waals surface area contributed by atoms with Crippen LogP contribution in [0.15, 0.2) is 23.7 Å². The number of rotatable bonds is 7. The van der Waals surface area contributed by atoms with Crippen molar-refractivity contribution in [3.05, 3.63) is 35.1 Å². The second kappa shape index (κ2) is 10.7. The summed E-state index contributed by atoms with van der Waals surface area (Å²) in [7, 11) is -1.74. The monoisotopic (exact) mass is 474 g/mol. The molecule has 6 nitrogen and oxygen atoms in total. The average Bonchev–Trinajstić information content (AvgIpc) is 3.16. The molecular weight excluding hydrogens is 440 g/mol. The third-order valence-electron chi connectivity index (χ3n) is 5.01. The highest BCUT2D eigenvalue weighted by atomic mass is 32.1. The Labute approximate surface area is 196 Å². The van der Waals surface area contributed by atoms with Gasteiger partial charge in [-0.1, -0.05) is 26.7 Å². The molecule has 0 atom stereocenters. The molecule has 0 bridgehead atoms. The molecule has 2 heterocycles. The first-order valence-corrected chi connectivity index (χ1v) is 14.4. The second-order valence-electron chi connectivity index (χ2n) is 9.93. The highest BCUT2D eigenvalue weighted by Gasteiger charge is 2.36. The van der Waals surface area contributed by atoms with Crippen molar-refractivity contribution in [2.24, 2.45) is 0 Å². The van der Waals surface area contributed by atoms with Crippen LogP contribution in [0.25, 0.3) is 10.6 Å². The van der Waals surface area contributed by atoms with E-state index in [4.69, 9.17) is 13.9 Å². The minimum Gasteiger partial charge on any atom is -0.455 e. The Kier molecular flexibility index (Phi) is 8.77.